The molecule has 0 unspecified atom stereocenters. The molecule has 4 aromatic rings. The van der Waals surface area contributed by atoms with Gasteiger partial charge in [-0.3, -0.25) is 0 Å². The van der Waals surface area contributed by atoms with Gasteiger partial charge in [0.1, 0.15) is 5.01 Å². The average molecular weight is 392 g/mol. The van der Waals surface area contributed by atoms with Crippen molar-refractivity contribution in [2.75, 3.05) is 10.6 Å². The van der Waals surface area contributed by atoms with Crippen molar-refractivity contribution in [1.82, 2.24) is 4.98 Å². The second kappa shape index (κ2) is 7.42. The van der Waals surface area contributed by atoms with Crippen LogP contribution >= 0.6 is 24.0 Å². The minimum absolute atomic E-state index is 0.306. The van der Waals surface area contributed by atoms with Gasteiger partial charge in [0, 0.05) is 16.1 Å². The molecule has 134 valence electrons. The Labute approximate surface area is 166 Å². The molecule has 0 spiro atoms. The third kappa shape index (κ3) is 3.97. The van der Waals surface area contributed by atoms with Crippen molar-refractivity contribution in [2.45, 2.75) is 11.8 Å². The number of nitrogens with zero attached hydrogens (tertiary/aromatic N) is 1. The van der Waals surface area contributed by atoms with Gasteiger partial charge in [-0.15, -0.1) is 24.0 Å². The summed E-state index contributed by atoms with van der Waals surface area (Å²) in [6.07, 6.45) is 0. The molecule has 4 rings (SSSR count). The molecule has 0 aliphatic rings. The number of fused-ring (bicyclic) bond motifs is 1. The molecule has 4 nitrogen and oxygen atoms in total. The number of thiazole rings is 1. The van der Waals surface area contributed by atoms with Crippen LogP contribution in [0.1, 0.15) is 5.56 Å². The normalized spacial score (nSPS) is 10.7. The van der Waals surface area contributed by atoms with E-state index in [1.54, 1.807) is 17.4 Å². The summed E-state index contributed by atoms with van der Waals surface area (Å²) in [4.78, 5) is 17.6. The highest BCUT2D eigenvalue weighted by atomic mass is 32.1. The van der Waals surface area contributed by atoms with Crippen LogP contribution in [0.3, 0.4) is 0 Å². The van der Waals surface area contributed by atoms with Crippen LogP contribution in [0.25, 0.3) is 20.8 Å². The Morgan fingerprint density at radius 1 is 1.00 bits per heavy atom. The summed E-state index contributed by atoms with van der Waals surface area (Å²) in [5.41, 5.74) is 4.64. The first kappa shape index (κ1) is 17.6. The highest BCUT2D eigenvalue weighted by molar-refractivity contribution is 7.80. The minimum Gasteiger partial charge on any atom is -0.308 e. The molecule has 0 bridgehead atoms. The number of aryl methyl sites for hydroxylation is 1. The molecule has 0 saturated carbocycles. The zero-order valence-electron chi connectivity index (χ0n) is 14.6. The fraction of sp³-hybridized carbons (Fsp3) is 0.0476. The van der Waals surface area contributed by atoms with Crippen molar-refractivity contribution in [3.63, 3.8) is 0 Å². The number of aromatic nitrogens is 1. The van der Waals surface area contributed by atoms with Crippen LogP contribution in [0, 0.1) is 6.92 Å². The van der Waals surface area contributed by atoms with Crippen molar-refractivity contribution >= 4 is 51.6 Å². The Kier molecular flexibility index (Phi) is 4.83. The number of thiol groups is 1. The van der Waals surface area contributed by atoms with E-state index in [1.165, 1.54) is 10.3 Å². The summed E-state index contributed by atoms with van der Waals surface area (Å²) < 4.78 is 1.18. The number of para-hydroxylation sites is 1. The van der Waals surface area contributed by atoms with Crippen LogP contribution in [-0.4, -0.2) is 11.0 Å². The van der Waals surface area contributed by atoms with E-state index in [4.69, 9.17) is 4.98 Å². The SMILES string of the molecule is Cc1ccc2nc(-c3ccc(NC(=O)Nc4ccccc4S)cc3)sc2c1. The van der Waals surface area contributed by atoms with Crippen molar-refractivity contribution in [2.24, 2.45) is 0 Å². The lowest BCUT2D eigenvalue weighted by Gasteiger charge is -2.09. The zero-order valence-corrected chi connectivity index (χ0v) is 16.3. The Balaban J connectivity index is 1.48. The van der Waals surface area contributed by atoms with Crippen LogP contribution in [0.2, 0.25) is 0 Å². The smallest absolute Gasteiger partial charge is 0.308 e. The van der Waals surface area contributed by atoms with Gasteiger partial charge in [0.15, 0.2) is 0 Å². The maximum absolute atomic E-state index is 12.2. The Morgan fingerprint density at radius 2 is 1.78 bits per heavy atom. The first-order valence-electron chi connectivity index (χ1n) is 8.42. The molecule has 0 radical (unpaired) electrons. The number of benzene rings is 3. The largest absolute Gasteiger partial charge is 0.323 e. The lowest BCUT2D eigenvalue weighted by Crippen LogP contribution is -2.19. The molecule has 1 heterocycles. The number of nitrogens with one attached hydrogen (secondary N) is 2. The molecule has 0 fully saturated rings. The Morgan fingerprint density at radius 3 is 2.56 bits per heavy atom. The molecular formula is C21H17N3OS2. The monoisotopic (exact) mass is 391 g/mol. The summed E-state index contributed by atoms with van der Waals surface area (Å²) in [5, 5.41) is 6.59. The van der Waals surface area contributed by atoms with Gasteiger partial charge in [-0.1, -0.05) is 18.2 Å². The molecule has 0 aliphatic carbocycles. The van der Waals surface area contributed by atoms with Crippen LogP contribution in [0.5, 0.6) is 0 Å². The third-order valence-corrected chi connectivity index (χ3v) is 5.54. The van der Waals surface area contributed by atoms with Gasteiger partial charge >= 0.3 is 6.03 Å². The second-order valence-corrected chi connectivity index (χ2v) is 7.68. The topological polar surface area (TPSA) is 54.0 Å². The van der Waals surface area contributed by atoms with E-state index in [1.807, 2.05) is 48.5 Å². The summed E-state index contributed by atoms with van der Waals surface area (Å²) in [6, 6.07) is 21.0. The molecule has 6 heteroatoms. The average Bonchev–Trinajstić information content (AvgIpc) is 3.07. The lowest BCUT2D eigenvalue weighted by atomic mass is 10.2. The standard InChI is InChI=1S/C21H17N3OS2/c1-13-6-11-17-19(12-13)27-20(23-17)14-7-9-15(10-8-14)22-21(25)24-16-4-2-3-5-18(16)26/h2-12,26H,1H3,(H2,22,24,25). The molecule has 3 aromatic carbocycles. The van der Waals surface area contributed by atoms with E-state index in [2.05, 4.69) is 42.3 Å². The predicted octanol–water partition coefficient (Wildman–Crippen LogP) is 6.20. The maximum Gasteiger partial charge on any atom is 0.323 e. The van der Waals surface area contributed by atoms with Gasteiger partial charge in [0.25, 0.3) is 0 Å². The van der Waals surface area contributed by atoms with Gasteiger partial charge in [0.2, 0.25) is 0 Å². The number of amides is 2. The molecule has 2 amide bonds. The second-order valence-electron chi connectivity index (χ2n) is 6.16. The van der Waals surface area contributed by atoms with Crippen LogP contribution in [0.15, 0.2) is 71.6 Å². The van der Waals surface area contributed by atoms with E-state index in [-0.39, 0.29) is 6.03 Å². The molecule has 0 atom stereocenters. The van der Waals surface area contributed by atoms with Gasteiger partial charge in [0.05, 0.1) is 15.9 Å². The first-order valence-corrected chi connectivity index (χ1v) is 9.68. The highest BCUT2D eigenvalue weighted by Crippen LogP contribution is 2.31. The quantitative estimate of drug-likeness (QED) is 0.364. The lowest BCUT2D eigenvalue weighted by molar-refractivity contribution is 0.262. The number of anilines is 2. The first-order chi connectivity index (χ1) is 13.1. The van der Waals surface area contributed by atoms with Crippen molar-refractivity contribution < 1.29 is 4.79 Å². The number of hydrogen-bond acceptors (Lipinski definition) is 4. The summed E-state index contributed by atoms with van der Waals surface area (Å²) >= 11 is 6.00. The third-order valence-electron chi connectivity index (χ3n) is 4.09. The summed E-state index contributed by atoms with van der Waals surface area (Å²) in [5.74, 6) is 0. The highest BCUT2D eigenvalue weighted by Gasteiger charge is 2.08. The zero-order chi connectivity index (χ0) is 18.8. The van der Waals surface area contributed by atoms with E-state index in [0.717, 1.165) is 16.1 Å². The molecule has 0 aliphatic heterocycles. The van der Waals surface area contributed by atoms with Crippen LogP contribution in [0.4, 0.5) is 16.2 Å². The number of carbonyl (C=O) groups is 1. The Bertz CT molecular complexity index is 1120. The molecule has 1 aromatic heterocycles. The summed E-state index contributed by atoms with van der Waals surface area (Å²) in [7, 11) is 0. The van der Waals surface area contributed by atoms with Crippen molar-refractivity contribution in [3.8, 4) is 10.6 Å². The fourth-order valence-corrected chi connectivity index (χ4v) is 4.00. The van der Waals surface area contributed by atoms with Crippen LogP contribution < -0.4 is 10.6 Å². The maximum atomic E-state index is 12.2. The number of hydrogen-bond donors (Lipinski definition) is 3. The van der Waals surface area contributed by atoms with Crippen molar-refractivity contribution in [3.05, 3.63) is 72.3 Å². The van der Waals surface area contributed by atoms with Gasteiger partial charge in [-0.2, -0.15) is 0 Å². The Hall–Kier alpha value is -2.83. The van der Waals surface area contributed by atoms with E-state index in [9.17, 15) is 4.79 Å². The fourth-order valence-electron chi connectivity index (χ4n) is 2.72. The van der Waals surface area contributed by atoms with Crippen molar-refractivity contribution in [1.29, 1.82) is 0 Å². The molecule has 27 heavy (non-hydrogen) atoms. The van der Waals surface area contributed by atoms with Gasteiger partial charge in [-0.05, 0) is 61.0 Å². The molecular weight excluding hydrogens is 374 g/mol. The number of rotatable bonds is 3. The van der Waals surface area contributed by atoms with E-state index < -0.39 is 0 Å². The number of carbonyl (C=O) groups excluding carboxylic acids is 1. The van der Waals surface area contributed by atoms with Gasteiger partial charge < -0.3 is 10.6 Å². The van der Waals surface area contributed by atoms with Gasteiger partial charge in [-0.25, -0.2) is 9.78 Å². The number of urea groups is 1. The molecule has 0 saturated heterocycles. The molecule has 2 N–H and O–H groups in total. The summed E-state index contributed by atoms with van der Waals surface area (Å²) in [6.45, 7) is 2.08. The predicted molar refractivity (Wildman–Crippen MR) is 116 cm³/mol. The van der Waals surface area contributed by atoms with E-state index >= 15 is 0 Å². The van der Waals surface area contributed by atoms with Crippen LogP contribution in [-0.2, 0) is 0 Å². The van der Waals surface area contributed by atoms with E-state index in [0.29, 0.717) is 16.3 Å². The minimum atomic E-state index is -0.306.